The molecule has 0 amide bonds. The van der Waals surface area contributed by atoms with E-state index in [2.05, 4.69) is 47.3 Å². The van der Waals surface area contributed by atoms with Crippen molar-refractivity contribution >= 4 is 5.78 Å². The molecule has 0 N–H and O–H groups in total. The molecule has 0 aliphatic carbocycles. The minimum atomic E-state index is 0.102. The number of carbonyl (C=O) groups excluding carboxylic acids is 1. The molecule has 112 valence electrons. The second kappa shape index (κ2) is 10.00. The standard InChI is InChI=1S/C16H28O.C2H6/c1-8-9-14(17)11-13(4)15(10-12(2)3)16(5,6)7;1-2/h10,13H,2,8-9,11H2,1,3-7H3;1-2H3/b15-10+;. The fraction of sp³-hybridized carbons (Fsp3) is 0.722. The first-order valence-corrected chi connectivity index (χ1v) is 7.57. The minimum absolute atomic E-state index is 0.102. The highest BCUT2D eigenvalue weighted by atomic mass is 16.1. The van der Waals surface area contributed by atoms with E-state index in [0.717, 1.165) is 12.0 Å². The van der Waals surface area contributed by atoms with E-state index in [9.17, 15) is 4.79 Å². The first-order valence-electron chi connectivity index (χ1n) is 7.57. The highest BCUT2D eigenvalue weighted by Crippen LogP contribution is 2.34. The zero-order valence-corrected chi connectivity index (χ0v) is 14.4. The molecule has 19 heavy (non-hydrogen) atoms. The SMILES string of the molecule is C=C(C)/C=C(\C(C)CC(=O)CCC)C(C)(C)C.CC. The molecule has 0 aromatic carbocycles. The Morgan fingerprint density at radius 2 is 1.74 bits per heavy atom. The molecule has 0 aromatic heterocycles. The Kier molecular flexibility index (Phi) is 10.8. The van der Waals surface area contributed by atoms with Crippen molar-refractivity contribution in [3.05, 3.63) is 23.8 Å². The van der Waals surface area contributed by atoms with Crippen LogP contribution in [0, 0.1) is 11.3 Å². The lowest BCUT2D eigenvalue weighted by Gasteiger charge is -2.28. The van der Waals surface area contributed by atoms with Crippen LogP contribution in [0.1, 0.15) is 74.7 Å². The maximum absolute atomic E-state index is 11.7. The Morgan fingerprint density at radius 1 is 1.26 bits per heavy atom. The number of carbonyl (C=O) groups is 1. The lowest BCUT2D eigenvalue weighted by Crippen LogP contribution is -2.19. The molecule has 0 saturated carbocycles. The second-order valence-electron chi connectivity index (χ2n) is 6.09. The molecule has 0 spiro atoms. The summed E-state index contributed by atoms with van der Waals surface area (Å²) in [5.74, 6) is 0.683. The highest BCUT2D eigenvalue weighted by molar-refractivity contribution is 5.78. The molecule has 0 saturated heterocycles. The number of allylic oxidation sites excluding steroid dienone is 3. The number of Topliss-reactive ketones (excluding diaryl/α,β-unsaturated/α-hetero) is 1. The Bertz CT molecular complexity index is 302. The van der Waals surface area contributed by atoms with Gasteiger partial charge in [0.1, 0.15) is 5.78 Å². The maximum atomic E-state index is 11.7. The van der Waals surface area contributed by atoms with Crippen LogP contribution >= 0.6 is 0 Å². The van der Waals surface area contributed by atoms with Gasteiger partial charge < -0.3 is 0 Å². The summed E-state index contributed by atoms with van der Waals surface area (Å²) in [5, 5.41) is 0. The van der Waals surface area contributed by atoms with Gasteiger partial charge in [0.05, 0.1) is 0 Å². The van der Waals surface area contributed by atoms with Gasteiger partial charge in [0, 0.05) is 12.8 Å². The van der Waals surface area contributed by atoms with Gasteiger partial charge >= 0.3 is 0 Å². The molecule has 1 atom stereocenters. The van der Waals surface area contributed by atoms with Crippen molar-refractivity contribution in [3.63, 3.8) is 0 Å². The Morgan fingerprint density at radius 3 is 2.05 bits per heavy atom. The lowest BCUT2D eigenvalue weighted by molar-refractivity contribution is -0.119. The molecule has 0 aliphatic heterocycles. The van der Waals surface area contributed by atoms with Crippen LogP contribution in [0.25, 0.3) is 0 Å². The Balaban J connectivity index is 0. The summed E-state index contributed by atoms with van der Waals surface area (Å²) in [4.78, 5) is 11.7. The number of hydrogen-bond donors (Lipinski definition) is 0. The Labute approximate surface area is 121 Å². The fourth-order valence-corrected chi connectivity index (χ4v) is 2.20. The van der Waals surface area contributed by atoms with Gasteiger partial charge in [-0.05, 0) is 24.7 Å². The molecule has 0 aromatic rings. The van der Waals surface area contributed by atoms with E-state index in [0.29, 0.717) is 24.5 Å². The van der Waals surface area contributed by atoms with E-state index in [4.69, 9.17) is 0 Å². The van der Waals surface area contributed by atoms with Crippen LogP contribution in [-0.2, 0) is 4.79 Å². The summed E-state index contributed by atoms with van der Waals surface area (Å²) < 4.78 is 0. The van der Waals surface area contributed by atoms with Crippen LogP contribution in [0.3, 0.4) is 0 Å². The smallest absolute Gasteiger partial charge is 0.133 e. The van der Waals surface area contributed by atoms with Gasteiger partial charge in [-0.3, -0.25) is 4.79 Å². The number of hydrogen-bond acceptors (Lipinski definition) is 1. The van der Waals surface area contributed by atoms with Crippen molar-refractivity contribution in [3.8, 4) is 0 Å². The van der Waals surface area contributed by atoms with Crippen LogP contribution in [0.4, 0.5) is 0 Å². The zero-order valence-electron chi connectivity index (χ0n) is 14.4. The van der Waals surface area contributed by atoms with Gasteiger partial charge in [-0.15, -0.1) is 0 Å². The third-order valence-corrected chi connectivity index (χ3v) is 2.86. The quantitative estimate of drug-likeness (QED) is 0.542. The monoisotopic (exact) mass is 266 g/mol. The summed E-state index contributed by atoms with van der Waals surface area (Å²) in [7, 11) is 0. The molecule has 1 nitrogen and oxygen atoms in total. The van der Waals surface area contributed by atoms with Gasteiger partial charge in [-0.25, -0.2) is 0 Å². The first-order chi connectivity index (χ1) is 8.68. The van der Waals surface area contributed by atoms with Crippen molar-refractivity contribution in [2.24, 2.45) is 11.3 Å². The molecule has 1 heteroatoms. The summed E-state index contributed by atoms with van der Waals surface area (Å²) in [6.45, 7) is 20.7. The van der Waals surface area contributed by atoms with E-state index in [-0.39, 0.29) is 5.41 Å². The first kappa shape index (κ1) is 20.5. The molecule has 0 aliphatic rings. The third kappa shape index (κ3) is 9.69. The van der Waals surface area contributed by atoms with Gasteiger partial charge in [0.2, 0.25) is 0 Å². The van der Waals surface area contributed by atoms with Gasteiger partial charge in [-0.1, -0.05) is 72.3 Å². The minimum Gasteiger partial charge on any atom is -0.300 e. The summed E-state index contributed by atoms with van der Waals surface area (Å²) in [6, 6.07) is 0. The number of rotatable bonds is 6. The zero-order chi connectivity index (χ0) is 15.6. The average Bonchev–Trinajstić information content (AvgIpc) is 2.27. The fourth-order valence-electron chi connectivity index (χ4n) is 2.20. The molecular weight excluding hydrogens is 232 g/mol. The van der Waals surface area contributed by atoms with E-state index in [1.54, 1.807) is 0 Å². The number of ketones is 1. The van der Waals surface area contributed by atoms with Gasteiger partial charge in [0.25, 0.3) is 0 Å². The van der Waals surface area contributed by atoms with Crippen LogP contribution in [0.15, 0.2) is 23.8 Å². The van der Waals surface area contributed by atoms with Crippen LogP contribution in [0.5, 0.6) is 0 Å². The molecule has 0 radical (unpaired) electrons. The summed E-state index contributed by atoms with van der Waals surface area (Å²) in [6.07, 6.45) is 4.45. The second-order valence-corrected chi connectivity index (χ2v) is 6.09. The average molecular weight is 266 g/mol. The molecular formula is C18H34O. The largest absolute Gasteiger partial charge is 0.300 e. The van der Waals surface area contributed by atoms with E-state index in [1.165, 1.54) is 5.57 Å². The maximum Gasteiger partial charge on any atom is 0.133 e. The van der Waals surface area contributed by atoms with Crippen molar-refractivity contribution in [2.45, 2.75) is 74.7 Å². The molecule has 0 bridgehead atoms. The van der Waals surface area contributed by atoms with Crippen LogP contribution in [0.2, 0.25) is 0 Å². The van der Waals surface area contributed by atoms with Crippen LogP contribution in [-0.4, -0.2) is 5.78 Å². The summed E-state index contributed by atoms with van der Waals surface area (Å²) in [5.41, 5.74) is 2.49. The summed E-state index contributed by atoms with van der Waals surface area (Å²) >= 11 is 0. The predicted octanol–water partition coefficient (Wildman–Crippen LogP) is 5.96. The normalized spacial score (nSPS) is 13.4. The van der Waals surface area contributed by atoms with Crippen molar-refractivity contribution in [1.82, 2.24) is 0 Å². The molecule has 0 fully saturated rings. The third-order valence-electron chi connectivity index (χ3n) is 2.86. The van der Waals surface area contributed by atoms with Gasteiger partial charge in [0.15, 0.2) is 0 Å². The van der Waals surface area contributed by atoms with Crippen molar-refractivity contribution in [1.29, 1.82) is 0 Å². The molecule has 0 heterocycles. The topological polar surface area (TPSA) is 17.1 Å². The van der Waals surface area contributed by atoms with Crippen molar-refractivity contribution in [2.75, 3.05) is 0 Å². The van der Waals surface area contributed by atoms with Crippen molar-refractivity contribution < 1.29 is 4.79 Å². The van der Waals surface area contributed by atoms with E-state index < -0.39 is 0 Å². The van der Waals surface area contributed by atoms with Crippen LogP contribution < -0.4 is 0 Å². The van der Waals surface area contributed by atoms with E-state index in [1.807, 2.05) is 20.8 Å². The predicted molar refractivity (Wildman–Crippen MR) is 87.4 cm³/mol. The Hall–Kier alpha value is -0.850. The van der Waals surface area contributed by atoms with E-state index >= 15 is 0 Å². The van der Waals surface area contributed by atoms with Gasteiger partial charge in [-0.2, -0.15) is 0 Å². The molecule has 1 unspecified atom stereocenters. The lowest BCUT2D eigenvalue weighted by atomic mass is 9.76. The molecule has 0 rings (SSSR count). The highest BCUT2D eigenvalue weighted by Gasteiger charge is 2.23.